The van der Waals surface area contributed by atoms with Crippen LogP contribution in [-0.4, -0.2) is 21.2 Å². The molecule has 2 heterocycles. The van der Waals surface area contributed by atoms with Gasteiger partial charge in [0.25, 0.3) is 0 Å². The van der Waals surface area contributed by atoms with Crippen molar-refractivity contribution in [3.8, 4) is 11.5 Å². The van der Waals surface area contributed by atoms with E-state index in [1.54, 1.807) is 0 Å². The van der Waals surface area contributed by atoms with E-state index in [0.29, 0.717) is 24.3 Å². The third kappa shape index (κ3) is 3.38. The molecule has 0 spiro atoms. The SMILES string of the molecule is CCC(C)NCc1nc(-c2ncc(C)cc2C)no1. The molecule has 0 bridgehead atoms. The van der Waals surface area contributed by atoms with Crippen LogP contribution in [0, 0.1) is 13.8 Å². The summed E-state index contributed by atoms with van der Waals surface area (Å²) in [4.78, 5) is 8.74. The van der Waals surface area contributed by atoms with Crippen molar-refractivity contribution in [1.82, 2.24) is 20.4 Å². The summed E-state index contributed by atoms with van der Waals surface area (Å²) in [6.07, 6.45) is 2.88. The summed E-state index contributed by atoms with van der Waals surface area (Å²) in [5, 5.41) is 7.31. The molecule has 0 fully saturated rings. The Bertz CT molecular complexity index is 550. The lowest BCUT2D eigenvalue weighted by molar-refractivity contribution is 0.358. The van der Waals surface area contributed by atoms with Crippen LogP contribution < -0.4 is 5.32 Å². The maximum atomic E-state index is 5.24. The Morgan fingerprint density at radius 2 is 2.16 bits per heavy atom. The molecule has 0 aliphatic heterocycles. The summed E-state index contributed by atoms with van der Waals surface area (Å²) < 4.78 is 5.24. The summed E-state index contributed by atoms with van der Waals surface area (Å²) in [6, 6.07) is 2.50. The van der Waals surface area contributed by atoms with Crippen LogP contribution in [0.15, 0.2) is 16.8 Å². The number of nitrogens with zero attached hydrogens (tertiary/aromatic N) is 3. The number of nitrogens with one attached hydrogen (secondary N) is 1. The molecule has 102 valence electrons. The average Bonchev–Trinajstić information content (AvgIpc) is 2.84. The predicted octanol–water partition coefficient (Wildman–Crippen LogP) is 2.64. The van der Waals surface area contributed by atoms with E-state index >= 15 is 0 Å². The third-order valence-corrected chi connectivity index (χ3v) is 3.11. The summed E-state index contributed by atoms with van der Waals surface area (Å²) in [5.74, 6) is 1.15. The Morgan fingerprint density at radius 3 is 2.84 bits per heavy atom. The first kappa shape index (κ1) is 13.7. The van der Waals surface area contributed by atoms with Crippen molar-refractivity contribution in [3.05, 3.63) is 29.3 Å². The van der Waals surface area contributed by atoms with Crippen molar-refractivity contribution in [2.24, 2.45) is 0 Å². The lowest BCUT2D eigenvalue weighted by atomic mass is 10.1. The molecule has 1 atom stereocenters. The highest BCUT2D eigenvalue weighted by Gasteiger charge is 2.12. The van der Waals surface area contributed by atoms with Crippen LogP contribution in [0.5, 0.6) is 0 Å². The van der Waals surface area contributed by atoms with Gasteiger partial charge in [-0.15, -0.1) is 0 Å². The molecule has 0 amide bonds. The minimum absolute atomic E-state index is 0.439. The van der Waals surface area contributed by atoms with Crippen molar-refractivity contribution in [2.75, 3.05) is 0 Å². The molecule has 0 aromatic carbocycles. The molecule has 0 aliphatic carbocycles. The zero-order valence-electron chi connectivity index (χ0n) is 11.9. The lowest BCUT2D eigenvalue weighted by Gasteiger charge is -2.07. The average molecular weight is 260 g/mol. The molecule has 19 heavy (non-hydrogen) atoms. The molecule has 0 aliphatic rings. The van der Waals surface area contributed by atoms with E-state index in [4.69, 9.17) is 4.52 Å². The number of aryl methyl sites for hydroxylation is 2. The van der Waals surface area contributed by atoms with Gasteiger partial charge in [-0.2, -0.15) is 4.98 Å². The van der Waals surface area contributed by atoms with E-state index < -0.39 is 0 Å². The van der Waals surface area contributed by atoms with Crippen LogP contribution in [0.4, 0.5) is 0 Å². The van der Waals surface area contributed by atoms with E-state index in [1.165, 1.54) is 0 Å². The van der Waals surface area contributed by atoms with Crippen molar-refractivity contribution < 1.29 is 4.52 Å². The standard InChI is InChI=1S/C14H20N4O/c1-5-11(4)15-8-12-17-14(18-19-12)13-10(3)6-9(2)7-16-13/h6-7,11,15H,5,8H2,1-4H3. The summed E-state index contributed by atoms with van der Waals surface area (Å²) in [5.41, 5.74) is 2.97. The zero-order chi connectivity index (χ0) is 13.8. The maximum Gasteiger partial charge on any atom is 0.240 e. The molecular weight excluding hydrogens is 240 g/mol. The lowest BCUT2D eigenvalue weighted by Crippen LogP contribution is -2.24. The topological polar surface area (TPSA) is 63.8 Å². The first-order chi connectivity index (χ1) is 9.10. The predicted molar refractivity (Wildman–Crippen MR) is 73.6 cm³/mol. The molecular formula is C14H20N4O. The van der Waals surface area contributed by atoms with E-state index in [9.17, 15) is 0 Å². The van der Waals surface area contributed by atoms with Gasteiger partial charge in [0.2, 0.25) is 11.7 Å². The minimum Gasteiger partial charge on any atom is -0.337 e. The van der Waals surface area contributed by atoms with Crippen molar-refractivity contribution >= 4 is 0 Å². The number of aromatic nitrogens is 3. The largest absolute Gasteiger partial charge is 0.337 e. The molecule has 0 radical (unpaired) electrons. The van der Waals surface area contributed by atoms with Crippen molar-refractivity contribution in [1.29, 1.82) is 0 Å². The van der Waals surface area contributed by atoms with Gasteiger partial charge in [0.05, 0.1) is 6.54 Å². The Labute approximate surface area is 113 Å². The molecule has 0 saturated carbocycles. The molecule has 2 rings (SSSR count). The van der Waals surface area contributed by atoms with Crippen LogP contribution in [0.2, 0.25) is 0 Å². The Morgan fingerprint density at radius 1 is 1.37 bits per heavy atom. The van der Waals surface area contributed by atoms with Crippen LogP contribution in [0.3, 0.4) is 0 Å². The van der Waals surface area contributed by atoms with Gasteiger partial charge in [-0.1, -0.05) is 18.1 Å². The second kappa shape index (κ2) is 5.93. The zero-order valence-corrected chi connectivity index (χ0v) is 11.9. The summed E-state index contributed by atoms with van der Waals surface area (Å²) in [7, 11) is 0. The Balaban J connectivity index is 2.12. The van der Waals surface area contributed by atoms with Crippen LogP contribution in [0.1, 0.15) is 37.3 Å². The van der Waals surface area contributed by atoms with Crippen molar-refractivity contribution in [3.63, 3.8) is 0 Å². The smallest absolute Gasteiger partial charge is 0.240 e. The molecule has 1 N–H and O–H groups in total. The summed E-state index contributed by atoms with van der Waals surface area (Å²) >= 11 is 0. The third-order valence-electron chi connectivity index (χ3n) is 3.11. The number of hydrogen-bond donors (Lipinski definition) is 1. The molecule has 5 nitrogen and oxygen atoms in total. The van der Waals surface area contributed by atoms with Gasteiger partial charge in [-0.25, -0.2) is 0 Å². The molecule has 5 heteroatoms. The quantitative estimate of drug-likeness (QED) is 0.895. The molecule has 1 unspecified atom stereocenters. The second-order valence-corrected chi connectivity index (χ2v) is 4.88. The number of hydrogen-bond acceptors (Lipinski definition) is 5. The first-order valence-electron chi connectivity index (χ1n) is 6.59. The van der Waals surface area contributed by atoms with Crippen molar-refractivity contribution in [2.45, 2.75) is 46.7 Å². The second-order valence-electron chi connectivity index (χ2n) is 4.88. The fourth-order valence-electron chi connectivity index (χ4n) is 1.78. The summed E-state index contributed by atoms with van der Waals surface area (Å²) in [6.45, 7) is 8.87. The van der Waals surface area contributed by atoms with E-state index in [2.05, 4.69) is 40.4 Å². The molecule has 2 aromatic rings. The number of rotatable bonds is 5. The highest BCUT2D eigenvalue weighted by Crippen LogP contribution is 2.18. The number of pyridine rings is 1. The van der Waals surface area contributed by atoms with Crippen LogP contribution in [0.25, 0.3) is 11.5 Å². The van der Waals surface area contributed by atoms with Gasteiger partial charge in [0.15, 0.2) is 0 Å². The van der Waals surface area contributed by atoms with Gasteiger partial charge >= 0.3 is 0 Å². The van der Waals surface area contributed by atoms with Gasteiger partial charge in [-0.3, -0.25) is 4.98 Å². The van der Waals surface area contributed by atoms with Gasteiger partial charge in [0.1, 0.15) is 5.69 Å². The van der Waals surface area contributed by atoms with Crippen LogP contribution in [-0.2, 0) is 6.54 Å². The van der Waals surface area contributed by atoms with Crippen LogP contribution >= 0.6 is 0 Å². The first-order valence-corrected chi connectivity index (χ1v) is 6.59. The van der Waals surface area contributed by atoms with E-state index in [1.807, 2.05) is 20.0 Å². The fourth-order valence-corrected chi connectivity index (χ4v) is 1.78. The molecule has 0 saturated heterocycles. The highest BCUT2D eigenvalue weighted by molar-refractivity contribution is 5.53. The van der Waals surface area contributed by atoms with Gasteiger partial charge in [-0.05, 0) is 38.3 Å². The fraction of sp³-hybridized carbons (Fsp3) is 0.500. The van der Waals surface area contributed by atoms with Gasteiger partial charge < -0.3 is 9.84 Å². The maximum absolute atomic E-state index is 5.24. The monoisotopic (exact) mass is 260 g/mol. The normalized spacial score (nSPS) is 12.6. The van der Waals surface area contributed by atoms with Gasteiger partial charge in [0, 0.05) is 12.2 Å². The Kier molecular flexibility index (Phi) is 4.27. The minimum atomic E-state index is 0.439. The Hall–Kier alpha value is -1.75. The van der Waals surface area contributed by atoms with E-state index in [0.717, 1.165) is 23.2 Å². The van der Waals surface area contributed by atoms with E-state index in [-0.39, 0.29) is 0 Å². The highest BCUT2D eigenvalue weighted by atomic mass is 16.5. The molecule has 2 aromatic heterocycles.